The maximum absolute atomic E-state index is 8.85. The normalized spacial score (nSPS) is 12.2. The van der Waals surface area contributed by atoms with Gasteiger partial charge >= 0.3 is 0 Å². The molecule has 0 bridgehead atoms. The van der Waals surface area contributed by atoms with Crippen molar-refractivity contribution in [1.82, 2.24) is 0 Å². The van der Waals surface area contributed by atoms with Gasteiger partial charge in [0.25, 0.3) is 0 Å². The van der Waals surface area contributed by atoms with Crippen LogP contribution in [0.15, 0.2) is 21.0 Å². The Bertz CT molecular complexity index is 307. The van der Waals surface area contributed by atoms with Gasteiger partial charge in [0.2, 0.25) is 0 Å². The van der Waals surface area contributed by atoms with Crippen molar-refractivity contribution in [3.05, 3.63) is 31.2 Å². The molecule has 1 heterocycles. The average molecular weight is 248 g/mol. The highest BCUT2D eigenvalue weighted by Crippen LogP contribution is 2.27. The van der Waals surface area contributed by atoms with E-state index < -0.39 is 6.04 Å². The molecule has 0 radical (unpaired) electrons. The predicted molar refractivity (Wildman–Crippen MR) is 51.0 cm³/mol. The van der Waals surface area contributed by atoms with Gasteiger partial charge in [0, 0.05) is 19.6 Å². The molecule has 1 N–H and O–H groups in total. The van der Waals surface area contributed by atoms with Crippen molar-refractivity contribution in [2.45, 2.75) is 6.04 Å². The van der Waals surface area contributed by atoms with Gasteiger partial charge in [-0.05, 0) is 27.5 Å². The fraction of sp³-hybridized carbons (Fsp3) is 0.333. The van der Waals surface area contributed by atoms with Crippen molar-refractivity contribution >= 4 is 27.3 Å². The van der Waals surface area contributed by atoms with Gasteiger partial charge in [-0.15, -0.1) is 11.3 Å². The van der Waals surface area contributed by atoms with E-state index >= 15 is 0 Å². The second kappa shape index (κ2) is 4.47. The van der Waals surface area contributed by atoms with Crippen LogP contribution < -0.4 is 0 Å². The van der Waals surface area contributed by atoms with Gasteiger partial charge in [0.15, 0.2) is 0 Å². The first-order valence-electron chi connectivity index (χ1n) is 3.17. The molecule has 0 aliphatic rings. The third kappa shape index (κ3) is 2.22. The van der Waals surface area contributed by atoms with Crippen LogP contribution in [0.3, 0.4) is 0 Å². The number of azide groups is 1. The van der Waals surface area contributed by atoms with Crippen LogP contribution in [0.4, 0.5) is 0 Å². The summed E-state index contributed by atoms with van der Waals surface area (Å²) >= 11 is 4.73. The van der Waals surface area contributed by atoms with Crippen LogP contribution in [-0.2, 0) is 0 Å². The fourth-order valence-corrected chi connectivity index (χ4v) is 2.22. The van der Waals surface area contributed by atoms with Gasteiger partial charge in [0.1, 0.15) is 0 Å². The second-order valence-corrected chi connectivity index (χ2v) is 3.93. The zero-order valence-corrected chi connectivity index (χ0v) is 8.42. The maximum atomic E-state index is 8.85. The molecular formula is C6H6BrN3OS. The quantitative estimate of drug-likeness (QED) is 0.498. The molecule has 0 aliphatic carbocycles. The van der Waals surface area contributed by atoms with E-state index in [2.05, 4.69) is 26.0 Å². The van der Waals surface area contributed by atoms with E-state index in [0.717, 1.165) is 9.35 Å². The lowest BCUT2D eigenvalue weighted by molar-refractivity contribution is 0.269. The van der Waals surface area contributed by atoms with Crippen LogP contribution in [0, 0.1) is 0 Å². The Morgan fingerprint density at radius 2 is 2.58 bits per heavy atom. The number of nitrogens with zero attached hydrogens (tertiary/aromatic N) is 3. The second-order valence-electron chi connectivity index (χ2n) is 2.07. The molecule has 0 saturated heterocycles. The summed E-state index contributed by atoms with van der Waals surface area (Å²) in [6.07, 6.45) is 0. The van der Waals surface area contributed by atoms with Crippen LogP contribution >= 0.6 is 27.3 Å². The Kier molecular flexibility index (Phi) is 3.55. The molecule has 1 aromatic rings. The topological polar surface area (TPSA) is 69.0 Å². The molecule has 1 aromatic heterocycles. The standard InChI is InChI=1S/C6H6BrN3OS/c7-4-1-6(12-3-4)5(2-11)9-10-8/h1,3,5,11H,2H2. The highest BCUT2D eigenvalue weighted by molar-refractivity contribution is 9.10. The molecule has 64 valence electrons. The number of thiophene rings is 1. The van der Waals surface area contributed by atoms with Crippen molar-refractivity contribution in [1.29, 1.82) is 0 Å². The lowest BCUT2D eigenvalue weighted by atomic mass is 10.3. The summed E-state index contributed by atoms with van der Waals surface area (Å²) in [5.74, 6) is 0. The summed E-state index contributed by atoms with van der Waals surface area (Å²) in [7, 11) is 0. The minimum Gasteiger partial charge on any atom is -0.396 e. The number of aliphatic hydroxyl groups excluding tert-OH is 1. The van der Waals surface area contributed by atoms with Crippen molar-refractivity contribution in [3.63, 3.8) is 0 Å². The Hall–Kier alpha value is -0.550. The monoisotopic (exact) mass is 247 g/mol. The van der Waals surface area contributed by atoms with E-state index in [1.54, 1.807) is 0 Å². The van der Waals surface area contributed by atoms with Crippen molar-refractivity contribution < 1.29 is 5.11 Å². The molecular weight excluding hydrogens is 242 g/mol. The molecule has 1 rings (SSSR count). The highest BCUT2D eigenvalue weighted by atomic mass is 79.9. The molecule has 4 nitrogen and oxygen atoms in total. The lowest BCUT2D eigenvalue weighted by Crippen LogP contribution is -1.96. The molecule has 6 heteroatoms. The summed E-state index contributed by atoms with van der Waals surface area (Å²) < 4.78 is 0.939. The Balaban J connectivity index is 2.86. The average Bonchev–Trinajstić information content (AvgIpc) is 2.47. The molecule has 0 spiro atoms. The number of rotatable bonds is 3. The van der Waals surface area contributed by atoms with Gasteiger partial charge in [-0.3, -0.25) is 0 Å². The number of halogens is 1. The SMILES string of the molecule is [N-]=[N+]=NC(CO)c1cc(Br)cs1. The van der Waals surface area contributed by atoms with Crippen molar-refractivity contribution in [3.8, 4) is 0 Å². The van der Waals surface area contributed by atoms with Gasteiger partial charge in [-0.2, -0.15) is 0 Å². The number of hydrogen-bond donors (Lipinski definition) is 1. The summed E-state index contributed by atoms with van der Waals surface area (Å²) in [5, 5.41) is 14.2. The van der Waals surface area contributed by atoms with Crippen LogP contribution in [-0.4, -0.2) is 11.7 Å². The van der Waals surface area contributed by atoms with Crippen LogP contribution in [0.25, 0.3) is 10.4 Å². The van der Waals surface area contributed by atoms with Crippen LogP contribution in [0.5, 0.6) is 0 Å². The van der Waals surface area contributed by atoms with Crippen molar-refractivity contribution in [2.75, 3.05) is 6.61 Å². The fourth-order valence-electron chi connectivity index (χ4n) is 0.749. The van der Waals surface area contributed by atoms with E-state index in [-0.39, 0.29) is 6.61 Å². The highest BCUT2D eigenvalue weighted by Gasteiger charge is 2.09. The third-order valence-corrected chi connectivity index (χ3v) is 3.07. The van der Waals surface area contributed by atoms with E-state index in [0.29, 0.717) is 0 Å². The molecule has 1 unspecified atom stereocenters. The van der Waals surface area contributed by atoms with Crippen molar-refractivity contribution in [2.24, 2.45) is 5.11 Å². The van der Waals surface area contributed by atoms with Gasteiger partial charge in [-0.25, -0.2) is 0 Å². The minimum absolute atomic E-state index is 0.156. The van der Waals surface area contributed by atoms with E-state index in [1.807, 2.05) is 11.4 Å². The van der Waals surface area contributed by atoms with E-state index in [1.165, 1.54) is 11.3 Å². The first-order chi connectivity index (χ1) is 5.77. The first-order valence-corrected chi connectivity index (χ1v) is 4.84. The van der Waals surface area contributed by atoms with Gasteiger partial charge in [0.05, 0.1) is 12.6 Å². The Morgan fingerprint density at radius 1 is 1.83 bits per heavy atom. The summed E-state index contributed by atoms with van der Waals surface area (Å²) in [6, 6.07) is 1.38. The molecule has 0 aliphatic heterocycles. The third-order valence-electron chi connectivity index (χ3n) is 1.28. The Morgan fingerprint density at radius 3 is 3.00 bits per heavy atom. The molecule has 1 atom stereocenters. The van der Waals surface area contributed by atoms with E-state index in [4.69, 9.17) is 10.6 Å². The van der Waals surface area contributed by atoms with Gasteiger partial charge < -0.3 is 5.11 Å². The zero-order valence-electron chi connectivity index (χ0n) is 6.01. The smallest absolute Gasteiger partial charge is 0.0949 e. The molecule has 0 aromatic carbocycles. The van der Waals surface area contributed by atoms with Crippen LogP contribution in [0.1, 0.15) is 10.9 Å². The largest absolute Gasteiger partial charge is 0.396 e. The zero-order chi connectivity index (χ0) is 8.97. The van der Waals surface area contributed by atoms with Gasteiger partial charge in [-0.1, -0.05) is 5.11 Å². The lowest BCUT2D eigenvalue weighted by Gasteiger charge is -2.01. The molecule has 12 heavy (non-hydrogen) atoms. The predicted octanol–water partition coefficient (Wildman–Crippen LogP) is 2.85. The first kappa shape index (κ1) is 9.54. The summed E-state index contributed by atoms with van der Waals surface area (Å²) in [6.45, 7) is -0.156. The maximum Gasteiger partial charge on any atom is 0.0949 e. The summed E-state index contributed by atoms with van der Waals surface area (Å²) in [4.78, 5) is 3.51. The molecule has 0 amide bonds. The summed E-state index contributed by atoms with van der Waals surface area (Å²) in [5.41, 5.74) is 8.18. The minimum atomic E-state index is -0.453. The Labute approximate surface area is 81.6 Å². The molecule has 0 saturated carbocycles. The molecule has 0 fully saturated rings. The van der Waals surface area contributed by atoms with Crippen LogP contribution in [0.2, 0.25) is 0 Å². The van der Waals surface area contributed by atoms with E-state index in [9.17, 15) is 0 Å². The number of aliphatic hydroxyl groups is 1. The number of hydrogen-bond acceptors (Lipinski definition) is 3.